The van der Waals surface area contributed by atoms with E-state index in [1.807, 2.05) is 0 Å². The number of nitrogens with two attached hydrogens (primary N) is 1. The lowest BCUT2D eigenvalue weighted by atomic mass is 9.96. The van der Waals surface area contributed by atoms with Crippen molar-refractivity contribution in [3.63, 3.8) is 0 Å². The van der Waals surface area contributed by atoms with Crippen LogP contribution in [-0.4, -0.2) is 44.3 Å². The molecule has 9 heteroatoms. The van der Waals surface area contributed by atoms with E-state index < -0.39 is 11.2 Å². The lowest BCUT2D eigenvalue weighted by Gasteiger charge is -2.30. The topological polar surface area (TPSA) is 131 Å². The van der Waals surface area contributed by atoms with E-state index in [1.54, 1.807) is 4.90 Å². The third-order valence-electron chi connectivity index (χ3n) is 4.37. The normalized spacial score (nSPS) is 15.6. The number of hydrogen-bond acceptors (Lipinski definition) is 5. The van der Waals surface area contributed by atoms with Crippen LogP contribution in [0.4, 0.5) is 0 Å². The molecule has 0 atom stereocenters. The minimum absolute atomic E-state index is 0.153. The molecule has 0 unspecified atom stereocenters. The first-order valence-electron chi connectivity index (χ1n) is 7.57. The van der Waals surface area contributed by atoms with Gasteiger partial charge in [0.05, 0.1) is 5.39 Å². The third kappa shape index (κ3) is 2.68. The van der Waals surface area contributed by atoms with Crippen LogP contribution >= 0.6 is 0 Å². The SMILES string of the molecule is Cn1c(=O)[nH]c(=O)c2ccc(C(=O)N3CCC(C(N)=O)CC3)nc21. The van der Waals surface area contributed by atoms with Gasteiger partial charge in [0, 0.05) is 26.1 Å². The quantitative estimate of drug-likeness (QED) is 0.725. The van der Waals surface area contributed by atoms with Crippen LogP contribution in [0, 0.1) is 5.92 Å². The second-order valence-corrected chi connectivity index (χ2v) is 5.85. The number of aryl methyl sites for hydroxylation is 1. The molecular formula is C15H17N5O4. The van der Waals surface area contributed by atoms with Gasteiger partial charge in [-0.25, -0.2) is 9.78 Å². The summed E-state index contributed by atoms with van der Waals surface area (Å²) in [6.07, 6.45) is 1.04. The Morgan fingerprint density at radius 1 is 1.25 bits per heavy atom. The van der Waals surface area contributed by atoms with Crippen molar-refractivity contribution >= 4 is 22.8 Å². The van der Waals surface area contributed by atoms with E-state index in [0.717, 1.165) is 0 Å². The summed E-state index contributed by atoms with van der Waals surface area (Å²) in [4.78, 5) is 55.2. The van der Waals surface area contributed by atoms with Gasteiger partial charge in [-0.2, -0.15) is 0 Å². The number of nitrogens with one attached hydrogen (secondary N) is 1. The standard InChI is InChI=1S/C15H17N5O4/c1-19-12-9(13(22)18-15(19)24)2-3-10(17-12)14(23)20-6-4-8(5-7-20)11(16)21/h2-3,8H,4-7H2,1H3,(H2,16,21)(H,18,22,24). The highest BCUT2D eigenvalue weighted by atomic mass is 16.2. The molecule has 3 N–H and O–H groups in total. The molecule has 126 valence electrons. The smallest absolute Gasteiger partial charge is 0.329 e. The molecule has 2 amide bonds. The average Bonchev–Trinajstić information content (AvgIpc) is 2.58. The predicted molar refractivity (Wildman–Crippen MR) is 85.4 cm³/mol. The minimum Gasteiger partial charge on any atom is -0.369 e. The fraction of sp³-hybridized carbons (Fsp3) is 0.400. The highest BCUT2D eigenvalue weighted by Crippen LogP contribution is 2.18. The Labute approximate surface area is 136 Å². The lowest BCUT2D eigenvalue weighted by molar-refractivity contribution is -0.123. The Balaban J connectivity index is 1.91. The molecule has 1 saturated heterocycles. The number of H-pyrrole nitrogens is 1. The van der Waals surface area contributed by atoms with Crippen molar-refractivity contribution in [2.24, 2.45) is 18.7 Å². The van der Waals surface area contributed by atoms with Crippen LogP contribution in [0.25, 0.3) is 11.0 Å². The van der Waals surface area contributed by atoms with E-state index in [4.69, 9.17) is 5.73 Å². The second kappa shape index (κ2) is 5.91. The van der Waals surface area contributed by atoms with Crippen LogP contribution in [-0.2, 0) is 11.8 Å². The number of fused-ring (bicyclic) bond motifs is 1. The summed E-state index contributed by atoms with van der Waals surface area (Å²) in [5.41, 5.74) is 4.46. The maximum atomic E-state index is 12.6. The second-order valence-electron chi connectivity index (χ2n) is 5.85. The van der Waals surface area contributed by atoms with Crippen molar-refractivity contribution in [2.75, 3.05) is 13.1 Å². The molecule has 1 aliphatic rings. The number of nitrogens with zero attached hydrogens (tertiary/aromatic N) is 3. The van der Waals surface area contributed by atoms with Crippen molar-refractivity contribution in [2.45, 2.75) is 12.8 Å². The number of pyridine rings is 1. The Morgan fingerprint density at radius 2 is 1.92 bits per heavy atom. The van der Waals surface area contributed by atoms with Gasteiger partial charge in [-0.1, -0.05) is 0 Å². The summed E-state index contributed by atoms with van der Waals surface area (Å²) >= 11 is 0. The van der Waals surface area contributed by atoms with E-state index in [-0.39, 0.29) is 34.5 Å². The predicted octanol–water partition coefficient (Wildman–Crippen LogP) is -1.04. The largest absolute Gasteiger partial charge is 0.369 e. The van der Waals surface area contributed by atoms with Gasteiger partial charge in [-0.15, -0.1) is 0 Å². The van der Waals surface area contributed by atoms with Crippen LogP contribution in [0.15, 0.2) is 21.7 Å². The number of primary amides is 1. The zero-order valence-corrected chi connectivity index (χ0v) is 13.1. The number of aromatic amines is 1. The Hall–Kier alpha value is -2.97. The number of amides is 2. The Morgan fingerprint density at radius 3 is 2.54 bits per heavy atom. The van der Waals surface area contributed by atoms with Gasteiger partial charge in [0.1, 0.15) is 11.3 Å². The van der Waals surface area contributed by atoms with Gasteiger partial charge >= 0.3 is 5.69 Å². The van der Waals surface area contributed by atoms with Crippen molar-refractivity contribution in [3.05, 3.63) is 38.7 Å². The molecule has 2 aromatic heterocycles. The number of carbonyl (C=O) groups is 2. The summed E-state index contributed by atoms with van der Waals surface area (Å²) in [5, 5.41) is 0.237. The molecule has 0 radical (unpaired) electrons. The van der Waals surface area contributed by atoms with E-state index >= 15 is 0 Å². The molecular weight excluding hydrogens is 314 g/mol. The zero-order valence-electron chi connectivity index (χ0n) is 13.1. The molecule has 0 aromatic carbocycles. The minimum atomic E-state index is -0.591. The van der Waals surface area contributed by atoms with Crippen molar-refractivity contribution in [3.8, 4) is 0 Å². The number of aromatic nitrogens is 3. The molecule has 24 heavy (non-hydrogen) atoms. The van der Waals surface area contributed by atoms with Gasteiger partial charge in [0.15, 0.2) is 0 Å². The Kier molecular flexibility index (Phi) is 3.92. The first kappa shape index (κ1) is 15.9. The molecule has 0 bridgehead atoms. The summed E-state index contributed by atoms with van der Waals surface area (Å²) in [6.45, 7) is 0.834. The molecule has 3 heterocycles. The average molecular weight is 331 g/mol. The molecule has 0 spiro atoms. The number of piperidine rings is 1. The van der Waals surface area contributed by atoms with Gasteiger partial charge in [0.25, 0.3) is 11.5 Å². The molecule has 2 aromatic rings. The first-order valence-corrected chi connectivity index (χ1v) is 7.57. The van der Waals surface area contributed by atoms with E-state index in [1.165, 1.54) is 23.7 Å². The van der Waals surface area contributed by atoms with Crippen molar-refractivity contribution < 1.29 is 9.59 Å². The monoisotopic (exact) mass is 331 g/mol. The van der Waals surface area contributed by atoms with E-state index in [9.17, 15) is 19.2 Å². The van der Waals surface area contributed by atoms with Gasteiger partial charge in [-0.05, 0) is 25.0 Å². The van der Waals surface area contributed by atoms with Crippen LogP contribution < -0.4 is 17.0 Å². The van der Waals surface area contributed by atoms with Gasteiger partial charge in [0.2, 0.25) is 5.91 Å². The zero-order chi connectivity index (χ0) is 17.4. The highest BCUT2D eigenvalue weighted by Gasteiger charge is 2.27. The summed E-state index contributed by atoms with van der Waals surface area (Å²) < 4.78 is 1.19. The van der Waals surface area contributed by atoms with Gasteiger partial charge in [-0.3, -0.25) is 23.9 Å². The van der Waals surface area contributed by atoms with Crippen molar-refractivity contribution in [1.82, 2.24) is 19.4 Å². The Bertz CT molecular complexity index is 937. The first-order chi connectivity index (χ1) is 11.4. The number of likely N-dealkylation sites (tertiary alicyclic amines) is 1. The molecule has 1 aliphatic heterocycles. The molecule has 3 rings (SSSR count). The third-order valence-corrected chi connectivity index (χ3v) is 4.37. The fourth-order valence-electron chi connectivity index (χ4n) is 2.87. The van der Waals surface area contributed by atoms with Gasteiger partial charge < -0.3 is 10.6 Å². The van der Waals surface area contributed by atoms with Crippen LogP contribution in [0.5, 0.6) is 0 Å². The van der Waals surface area contributed by atoms with E-state index in [0.29, 0.717) is 25.9 Å². The number of rotatable bonds is 2. The molecule has 0 saturated carbocycles. The van der Waals surface area contributed by atoms with Crippen LogP contribution in [0.3, 0.4) is 0 Å². The van der Waals surface area contributed by atoms with E-state index in [2.05, 4.69) is 9.97 Å². The highest BCUT2D eigenvalue weighted by molar-refractivity contribution is 5.94. The summed E-state index contributed by atoms with van der Waals surface area (Å²) in [7, 11) is 1.47. The lowest BCUT2D eigenvalue weighted by Crippen LogP contribution is -2.42. The molecule has 1 fully saturated rings. The molecule has 0 aliphatic carbocycles. The van der Waals surface area contributed by atoms with Crippen LogP contribution in [0.2, 0.25) is 0 Å². The summed E-state index contributed by atoms with van der Waals surface area (Å²) in [6, 6.07) is 2.94. The number of hydrogen-bond donors (Lipinski definition) is 2. The molecule has 9 nitrogen and oxygen atoms in total. The maximum Gasteiger partial charge on any atom is 0.329 e. The summed E-state index contributed by atoms with van der Waals surface area (Å²) in [5.74, 6) is -0.856. The van der Waals surface area contributed by atoms with Crippen molar-refractivity contribution in [1.29, 1.82) is 0 Å². The number of carbonyl (C=O) groups excluding carboxylic acids is 2. The van der Waals surface area contributed by atoms with Crippen LogP contribution in [0.1, 0.15) is 23.3 Å². The maximum absolute atomic E-state index is 12.6. The fourth-order valence-corrected chi connectivity index (χ4v) is 2.87.